The highest BCUT2D eigenvalue weighted by molar-refractivity contribution is 5.32. The van der Waals surface area contributed by atoms with Gasteiger partial charge in [-0.3, -0.25) is 0 Å². The van der Waals surface area contributed by atoms with Crippen molar-refractivity contribution in [1.82, 2.24) is 5.32 Å². The van der Waals surface area contributed by atoms with E-state index < -0.39 is 0 Å². The van der Waals surface area contributed by atoms with Crippen molar-refractivity contribution in [2.75, 3.05) is 13.2 Å². The predicted molar refractivity (Wildman–Crippen MR) is 87.5 cm³/mol. The molecule has 2 nitrogen and oxygen atoms in total. The molecular weight excluding hydrogens is 258 g/mol. The van der Waals surface area contributed by atoms with Crippen LogP contribution in [-0.2, 0) is 11.2 Å². The SMILES string of the molecule is CCNC(CC1CCCCC1)C1OCCc2ccccc21. The second-order valence-corrected chi connectivity index (χ2v) is 6.64. The quantitative estimate of drug-likeness (QED) is 0.874. The van der Waals surface area contributed by atoms with Crippen molar-refractivity contribution < 1.29 is 4.74 Å². The van der Waals surface area contributed by atoms with Crippen molar-refractivity contribution >= 4 is 0 Å². The first kappa shape index (κ1) is 15.1. The molecule has 116 valence electrons. The monoisotopic (exact) mass is 287 g/mol. The van der Waals surface area contributed by atoms with E-state index in [2.05, 4.69) is 36.5 Å². The molecule has 2 aliphatic rings. The van der Waals surface area contributed by atoms with Gasteiger partial charge in [0.2, 0.25) is 0 Å². The van der Waals surface area contributed by atoms with Crippen molar-refractivity contribution in [2.24, 2.45) is 5.92 Å². The molecule has 1 aliphatic heterocycles. The summed E-state index contributed by atoms with van der Waals surface area (Å²) < 4.78 is 6.20. The van der Waals surface area contributed by atoms with Crippen LogP contribution >= 0.6 is 0 Å². The number of benzene rings is 1. The van der Waals surface area contributed by atoms with Crippen molar-refractivity contribution in [1.29, 1.82) is 0 Å². The molecule has 0 aromatic heterocycles. The van der Waals surface area contributed by atoms with E-state index in [0.29, 0.717) is 6.04 Å². The Labute approximate surface area is 129 Å². The van der Waals surface area contributed by atoms with Crippen LogP contribution in [0.4, 0.5) is 0 Å². The van der Waals surface area contributed by atoms with Gasteiger partial charge in [-0.25, -0.2) is 0 Å². The fraction of sp³-hybridized carbons (Fsp3) is 0.684. The average Bonchev–Trinajstić information content (AvgIpc) is 2.55. The van der Waals surface area contributed by atoms with Gasteiger partial charge in [-0.05, 0) is 36.4 Å². The van der Waals surface area contributed by atoms with E-state index >= 15 is 0 Å². The third-order valence-corrected chi connectivity index (χ3v) is 5.17. The van der Waals surface area contributed by atoms with Crippen LogP contribution in [0.15, 0.2) is 24.3 Å². The van der Waals surface area contributed by atoms with Gasteiger partial charge < -0.3 is 10.1 Å². The fourth-order valence-electron chi connectivity index (χ4n) is 4.12. The smallest absolute Gasteiger partial charge is 0.0980 e. The van der Waals surface area contributed by atoms with Crippen LogP contribution in [0.2, 0.25) is 0 Å². The number of hydrogen-bond donors (Lipinski definition) is 1. The van der Waals surface area contributed by atoms with Crippen LogP contribution in [-0.4, -0.2) is 19.2 Å². The lowest BCUT2D eigenvalue weighted by atomic mass is 9.81. The highest BCUT2D eigenvalue weighted by Crippen LogP contribution is 2.35. The molecule has 0 spiro atoms. The Morgan fingerprint density at radius 1 is 1.19 bits per heavy atom. The molecule has 3 rings (SSSR count). The van der Waals surface area contributed by atoms with Crippen LogP contribution in [0.5, 0.6) is 0 Å². The summed E-state index contributed by atoms with van der Waals surface area (Å²) in [6.07, 6.45) is 9.69. The zero-order chi connectivity index (χ0) is 14.5. The van der Waals surface area contributed by atoms with E-state index in [1.54, 1.807) is 0 Å². The summed E-state index contributed by atoms with van der Waals surface area (Å²) in [4.78, 5) is 0. The number of likely N-dealkylation sites (N-methyl/N-ethyl adjacent to an activating group) is 1. The zero-order valence-electron chi connectivity index (χ0n) is 13.3. The lowest BCUT2D eigenvalue weighted by Crippen LogP contribution is -2.40. The van der Waals surface area contributed by atoms with Gasteiger partial charge in [-0.2, -0.15) is 0 Å². The Bertz CT molecular complexity index is 439. The summed E-state index contributed by atoms with van der Waals surface area (Å²) in [6.45, 7) is 4.11. The summed E-state index contributed by atoms with van der Waals surface area (Å²) in [6, 6.07) is 9.33. The third-order valence-electron chi connectivity index (χ3n) is 5.17. The number of fused-ring (bicyclic) bond motifs is 1. The van der Waals surface area contributed by atoms with Crippen molar-refractivity contribution in [2.45, 2.75) is 64.0 Å². The molecule has 1 fully saturated rings. The minimum Gasteiger partial charge on any atom is -0.372 e. The van der Waals surface area contributed by atoms with Crippen LogP contribution in [0.3, 0.4) is 0 Å². The maximum absolute atomic E-state index is 6.20. The van der Waals surface area contributed by atoms with E-state index in [9.17, 15) is 0 Å². The molecule has 1 heterocycles. The Morgan fingerprint density at radius 3 is 2.81 bits per heavy atom. The van der Waals surface area contributed by atoms with E-state index in [1.807, 2.05) is 0 Å². The Hall–Kier alpha value is -0.860. The first-order valence-electron chi connectivity index (χ1n) is 8.81. The van der Waals surface area contributed by atoms with Crippen molar-refractivity contribution in [3.63, 3.8) is 0 Å². The second-order valence-electron chi connectivity index (χ2n) is 6.64. The average molecular weight is 287 g/mol. The van der Waals surface area contributed by atoms with Gasteiger partial charge in [0, 0.05) is 6.04 Å². The Morgan fingerprint density at radius 2 is 2.00 bits per heavy atom. The van der Waals surface area contributed by atoms with Crippen LogP contribution < -0.4 is 5.32 Å². The van der Waals surface area contributed by atoms with Gasteiger partial charge in [0.05, 0.1) is 12.7 Å². The first-order valence-corrected chi connectivity index (χ1v) is 8.81. The molecule has 2 heteroatoms. The number of hydrogen-bond acceptors (Lipinski definition) is 2. The number of nitrogens with one attached hydrogen (secondary N) is 1. The van der Waals surface area contributed by atoms with Gasteiger partial charge in [0.1, 0.15) is 0 Å². The molecule has 21 heavy (non-hydrogen) atoms. The lowest BCUT2D eigenvalue weighted by molar-refractivity contribution is 0.00818. The molecule has 0 bridgehead atoms. The van der Waals surface area contributed by atoms with Gasteiger partial charge in [0.15, 0.2) is 0 Å². The fourth-order valence-corrected chi connectivity index (χ4v) is 4.12. The molecule has 1 aromatic carbocycles. The highest BCUT2D eigenvalue weighted by atomic mass is 16.5. The maximum atomic E-state index is 6.20. The summed E-state index contributed by atoms with van der Waals surface area (Å²) in [5.74, 6) is 0.889. The minimum absolute atomic E-state index is 0.247. The zero-order valence-corrected chi connectivity index (χ0v) is 13.3. The van der Waals surface area contributed by atoms with Gasteiger partial charge in [-0.1, -0.05) is 63.3 Å². The molecule has 2 unspecified atom stereocenters. The topological polar surface area (TPSA) is 21.3 Å². The van der Waals surface area contributed by atoms with E-state index in [0.717, 1.165) is 25.5 Å². The first-order chi connectivity index (χ1) is 10.4. The second kappa shape index (κ2) is 7.42. The number of ether oxygens (including phenoxy) is 1. The maximum Gasteiger partial charge on any atom is 0.0980 e. The molecule has 2 atom stereocenters. The molecule has 1 N–H and O–H groups in total. The van der Waals surface area contributed by atoms with Crippen LogP contribution in [0, 0.1) is 5.92 Å². The molecule has 1 aliphatic carbocycles. The highest BCUT2D eigenvalue weighted by Gasteiger charge is 2.30. The molecular formula is C19H29NO. The van der Waals surface area contributed by atoms with E-state index in [-0.39, 0.29) is 6.10 Å². The van der Waals surface area contributed by atoms with Crippen molar-refractivity contribution in [3.8, 4) is 0 Å². The molecule has 0 amide bonds. The van der Waals surface area contributed by atoms with Crippen LogP contribution in [0.25, 0.3) is 0 Å². The van der Waals surface area contributed by atoms with E-state index in [4.69, 9.17) is 4.74 Å². The predicted octanol–water partition coefficient (Wildman–Crippen LogP) is 4.25. The summed E-state index contributed by atoms with van der Waals surface area (Å²) >= 11 is 0. The number of rotatable bonds is 5. The molecule has 0 radical (unpaired) electrons. The summed E-state index contributed by atoms with van der Waals surface area (Å²) in [5, 5.41) is 3.72. The van der Waals surface area contributed by atoms with Crippen molar-refractivity contribution in [3.05, 3.63) is 35.4 Å². The van der Waals surface area contributed by atoms with E-state index in [1.165, 1.54) is 49.7 Å². The summed E-state index contributed by atoms with van der Waals surface area (Å²) in [5.41, 5.74) is 2.91. The normalized spacial score (nSPS) is 24.5. The molecule has 0 saturated heterocycles. The van der Waals surface area contributed by atoms with Gasteiger partial charge in [-0.15, -0.1) is 0 Å². The Balaban J connectivity index is 1.74. The molecule has 1 aromatic rings. The minimum atomic E-state index is 0.247. The summed E-state index contributed by atoms with van der Waals surface area (Å²) in [7, 11) is 0. The Kier molecular flexibility index (Phi) is 5.32. The lowest BCUT2D eigenvalue weighted by Gasteiger charge is -2.35. The third kappa shape index (κ3) is 3.67. The van der Waals surface area contributed by atoms with Crippen LogP contribution in [0.1, 0.15) is 62.7 Å². The largest absolute Gasteiger partial charge is 0.372 e. The van der Waals surface area contributed by atoms with Gasteiger partial charge >= 0.3 is 0 Å². The standard InChI is InChI=1S/C19H29NO/c1-2-20-18(14-15-8-4-3-5-9-15)19-17-11-7-6-10-16(17)12-13-21-19/h6-7,10-11,15,18-20H,2-5,8-9,12-14H2,1H3. The van der Waals surface area contributed by atoms with Gasteiger partial charge in [0.25, 0.3) is 0 Å². The molecule has 1 saturated carbocycles.